The number of aromatic nitrogens is 2. The van der Waals surface area contributed by atoms with Crippen molar-refractivity contribution in [1.82, 2.24) is 9.97 Å². The molecule has 0 unspecified atom stereocenters. The average molecular weight is 422 g/mol. The Labute approximate surface area is 176 Å². The van der Waals surface area contributed by atoms with E-state index in [2.05, 4.69) is 18.8 Å². The summed E-state index contributed by atoms with van der Waals surface area (Å²) in [6, 6.07) is 12.1. The van der Waals surface area contributed by atoms with Crippen molar-refractivity contribution in [1.29, 1.82) is 0 Å². The van der Waals surface area contributed by atoms with Gasteiger partial charge in [0.15, 0.2) is 10.9 Å². The highest BCUT2D eigenvalue weighted by Gasteiger charge is 2.27. The smallest absolute Gasteiger partial charge is 0.395 e. The molecule has 0 aliphatic heterocycles. The number of nitrogens with zero attached hydrogens (tertiary/aromatic N) is 4. The molecule has 9 heteroatoms. The van der Waals surface area contributed by atoms with Crippen LogP contribution in [0.25, 0.3) is 10.2 Å². The van der Waals surface area contributed by atoms with Gasteiger partial charge in [-0.25, -0.2) is 4.98 Å². The number of rotatable bonds is 6. The van der Waals surface area contributed by atoms with Gasteiger partial charge in [-0.1, -0.05) is 43.4 Å². The molecule has 3 aromatic heterocycles. The van der Waals surface area contributed by atoms with Gasteiger partial charge in [-0.15, -0.1) is 0 Å². The normalized spacial score (nSPS) is 11.2. The highest BCUT2D eigenvalue weighted by atomic mass is 32.1. The van der Waals surface area contributed by atoms with Gasteiger partial charge >= 0.3 is 5.88 Å². The van der Waals surface area contributed by atoms with E-state index in [1.54, 1.807) is 18.5 Å². The van der Waals surface area contributed by atoms with Crippen molar-refractivity contribution in [3.8, 4) is 0 Å². The molecular weight excluding hydrogens is 404 g/mol. The van der Waals surface area contributed by atoms with Crippen LogP contribution in [-0.2, 0) is 6.54 Å². The summed E-state index contributed by atoms with van der Waals surface area (Å²) in [6.07, 6.45) is 3.32. The predicted molar refractivity (Wildman–Crippen MR) is 114 cm³/mol. The van der Waals surface area contributed by atoms with Crippen molar-refractivity contribution in [2.24, 2.45) is 0 Å². The Kier molecular flexibility index (Phi) is 5.28. The van der Waals surface area contributed by atoms with Gasteiger partial charge in [0, 0.05) is 12.4 Å². The molecule has 0 N–H and O–H groups in total. The molecule has 3 heterocycles. The minimum Gasteiger partial charge on any atom is -0.395 e. The van der Waals surface area contributed by atoms with Crippen molar-refractivity contribution < 1.29 is 14.1 Å². The molecule has 0 radical (unpaired) electrons. The van der Waals surface area contributed by atoms with Crippen molar-refractivity contribution >= 4 is 38.5 Å². The number of benzene rings is 1. The molecule has 0 aliphatic carbocycles. The molecule has 30 heavy (non-hydrogen) atoms. The third-order valence-corrected chi connectivity index (χ3v) is 5.63. The van der Waals surface area contributed by atoms with E-state index in [1.165, 1.54) is 28.4 Å². The van der Waals surface area contributed by atoms with Crippen molar-refractivity contribution in [3.05, 3.63) is 81.9 Å². The highest BCUT2D eigenvalue weighted by molar-refractivity contribution is 7.22. The average Bonchev–Trinajstić information content (AvgIpc) is 3.39. The lowest BCUT2D eigenvalue weighted by Crippen LogP contribution is -2.30. The van der Waals surface area contributed by atoms with Gasteiger partial charge in [0.25, 0.3) is 5.91 Å². The van der Waals surface area contributed by atoms with Crippen molar-refractivity contribution in [2.75, 3.05) is 4.90 Å². The molecular formula is C21H18N4O4S. The fraction of sp³-hybridized carbons (Fsp3) is 0.190. The second kappa shape index (κ2) is 8.03. The Hall–Kier alpha value is -3.59. The van der Waals surface area contributed by atoms with Crippen LogP contribution in [0.4, 0.5) is 11.0 Å². The maximum absolute atomic E-state index is 13.2. The van der Waals surface area contributed by atoms with Crippen LogP contribution >= 0.6 is 11.3 Å². The zero-order valence-corrected chi connectivity index (χ0v) is 17.1. The van der Waals surface area contributed by atoms with Crippen LogP contribution < -0.4 is 4.90 Å². The quantitative estimate of drug-likeness (QED) is 0.314. The number of nitro groups is 1. The zero-order chi connectivity index (χ0) is 21.3. The zero-order valence-electron chi connectivity index (χ0n) is 16.3. The van der Waals surface area contributed by atoms with Crippen LogP contribution in [0.5, 0.6) is 0 Å². The number of furan rings is 1. The van der Waals surface area contributed by atoms with Crippen LogP contribution in [0.3, 0.4) is 0 Å². The summed E-state index contributed by atoms with van der Waals surface area (Å²) in [5.74, 6) is -0.823. The Balaban J connectivity index is 1.78. The van der Waals surface area contributed by atoms with Crippen molar-refractivity contribution in [3.63, 3.8) is 0 Å². The number of carbonyl (C=O) groups is 1. The van der Waals surface area contributed by atoms with Gasteiger partial charge in [-0.2, -0.15) is 0 Å². The van der Waals surface area contributed by atoms with E-state index < -0.39 is 16.7 Å². The van der Waals surface area contributed by atoms with Gasteiger partial charge in [0.05, 0.1) is 22.8 Å². The van der Waals surface area contributed by atoms with Gasteiger partial charge in [-0.3, -0.25) is 24.8 Å². The SMILES string of the molecule is CC(C)c1cccc2sc(N(Cc3cccnc3)C(=O)c3ccc([N+](=O)[O-])o3)nc12. The van der Waals surface area contributed by atoms with E-state index in [0.29, 0.717) is 5.13 Å². The van der Waals surface area contributed by atoms with E-state index in [9.17, 15) is 14.9 Å². The molecule has 8 nitrogen and oxygen atoms in total. The first-order chi connectivity index (χ1) is 14.4. The molecule has 0 bridgehead atoms. The highest BCUT2D eigenvalue weighted by Crippen LogP contribution is 2.35. The first-order valence-corrected chi connectivity index (χ1v) is 10.1. The summed E-state index contributed by atoms with van der Waals surface area (Å²) in [5.41, 5.74) is 2.74. The number of carbonyl (C=O) groups excluding carboxylic acids is 1. The fourth-order valence-electron chi connectivity index (χ4n) is 3.11. The van der Waals surface area contributed by atoms with Crippen LogP contribution in [0.1, 0.15) is 41.4 Å². The topological polar surface area (TPSA) is 102 Å². The van der Waals surface area contributed by atoms with Crippen LogP contribution in [0.15, 0.2) is 59.3 Å². The van der Waals surface area contributed by atoms with Crippen LogP contribution in [0, 0.1) is 10.1 Å². The molecule has 0 spiro atoms. The molecule has 0 atom stereocenters. The maximum Gasteiger partial charge on any atom is 0.433 e. The Morgan fingerprint density at radius 2 is 2.07 bits per heavy atom. The number of anilines is 1. The number of fused-ring (bicyclic) bond motifs is 1. The van der Waals surface area contributed by atoms with Gasteiger partial charge in [-0.05, 0) is 35.2 Å². The van der Waals surface area contributed by atoms with Gasteiger partial charge in [0.1, 0.15) is 4.92 Å². The van der Waals surface area contributed by atoms with E-state index >= 15 is 0 Å². The Morgan fingerprint density at radius 3 is 2.73 bits per heavy atom. The van der Waals surface area contributed by atoms with E-state index in [-0.39, 0.29) is 18.2 Å². The molecule has 0 saturated heterocycles. The summed E-state index contributed by atoms with van der Waals surface area (Å²) in [6.45, 7) is 4.39. The first kappa shape index (κ1) is 19.7. The summed E-state index contributed by atoms with van der Waals surface area (Å²) >= 11 is 1.39. The first-order valence-electron chi connectivity index (χ1n) is 9.28. The molecule has 1 aromatic carbocycles. The largest absolute Gasteiger partial charge is 0.433 e. The summed E-state index contributed by atoms with van der Waals surface area (Å²) in [7, 11) is 0. The number of para-hydroxylation sites is 1. The number of amides is 1. The third kappa shape index (κ3) is 3.79. The molecule has 0 fully saturated rings. The monoisotopic (exact) mass is 422 g/mol. The fourth-order valence-corrected chi connectivity index (χ4v) is 4.11. The van der Waals surface area contributed by atoms with E-state index in [0.717, 1.165) is 21.3 Å². The van der Waals surface area contributed by atoms with Gasteiger partial charge < -0.3 is 4.42 Å². The van der Waals surface area contributed by atoms with Crippen LogP contribution in [-0.4, -0.2) is 20.8 Å². The second-order valence-electron chi connectivity index (χ2n) is 6.99. The van der Waals surface area contributed by atoms with E-state index in [4.69, 9.17) is 9.40 Å². The molecule has 4 aromatic rings. The van der Waals surface area contributed by atoms with Crippen LogP contribution in [0.2, 0.25) is 0 Å². The number of thiazole rings is 1. The lowest BCUT2D eigenvalue weighted by atomic mass is 10.0. The molecule has 0 saturated carbocycles. The summed E-state index contributed by atoms with van der Waals surface area (Å²) in [5, 5.41) is 11.4. The summed E-state index contributed by atoms with van der Waals surface area (Å²) < 4.78 is 6.12. The number of hydrogen-bond donors (Lipinski definition) is 0. The summed E-state index contributed by atoms with van der Waals surface area (Å²) in [4.78, 5) is 33.8. The molecule has 152 valence electrons. The lowest BCUT2D eigenvalue weighted by Gasteiger charge is -2.18. The number of pyridine rings is 1. The Morgan fingerprint density at radius 1 is 1.23 bits per heavy atom. The van der Waals surface area contributed by atoms with E-state index in [1.807, 2.05) is 24.3 Å². The molecule has 1 amide bonds. The lowest BCUT2D eigenvalue weighted by molar-refractivity contribution is -0.402. The van der Waals surface area contributed by atoms with Gasteiger partial charge in [0.2, 0.25) is 0 Å². The minimum atomic E-state index is -0.672. The van der Waals surface area contributed by atoms with Crippen molar-refractivity contribution in [2.45, 2.75) is 26.3 Å². The standard InChI is InChI=1S/C21H18N4O4S/c1-13(2)15-6-3-7-17-19(15)23-21(30-17)24(12-14-5-4-10-22-11-14)20(26)16-8-9-18(29-16)25(27)28/h3-11,13H,12H2,1-2H3. The Bertz CT molecular complexity index is 1220. The number of hydrogen-bond acceptors (Lipinski definition) is 7. The minimum absolute atomic E-state index is 0.117. The third-order valence-electron chi connectivity index (χ3n) is 4.58. The maximum atomic E-state index is 13.2. The predicted octanol–water partition coefficient (Wildman–Crippen LogP) is 5.16. The molecule has 0 aliphatic rings. The molecule has 4 rings (SSSR count). The second-order valence-corrected chi connectivity index (χ2v) is 8.00.